The van der Waals surface area contributed by atoms with Crippen LogP contribution in [0.15, 0.2) is 60.7 Å². The summed E-state index contributed by atoms with van der Waals surface area (Å²) in [6.45, 7) is 6.59. The van der Waals surface area contributed by atoms with Gasteiger partial charge in [-0.3, -0.25) is 34.5 Å². The second-order valence-electron chi connectivity index (χ2n) is 14.1. The number of amides is 3. The Morgan fingerprint density at radius 1 is 0.961 bits per heavy atom. The molecule has 3 aromatic carbocycles. The molecule has 3 aromatic rings. The van der Waals surface area contributed by atoms with Gasteiger partial charge in [-0.15, -0.1) is 0 Å². The highest BCUT2D eigenvalue weighted by molar-refractivity contribution is 7.92. The van der Waals surface area contributed by atoms with Crippen LogP contribution in [-0.2, 0) is 30.9 Å². The molecule has 0 radical (unpaired) electrons. The fourth-order valence-electron chi connectivity index (χ4n) is 6.90. The van der Waals surface area contributed by atoms with Crippen molar-refractivity contribution in [2.75, 3.05) is 28.5 Å². The number of piperidine rings is 2. The molecule has 2 fully saturated rings. The van der Waals surface area contributed by atoms with E-state index in [1.54, 1.807) is 51.1 Å². The number of rotatable bonds is 9. The molecule has 2 N–H and O–H groups in total. The number of ether oxygens (including phenoxy) is 1. The number of carbonyl (C=O) groups is 4. The minimum Gasteiger partial charge on any atom is -0.456 e. The zero-order valence-electron chi connectivity index (χ0n) is 28.5. The Labute approximate surface area is 295 Å². The van der Waals surface area contributed by atoms with Crippen molar-refractivity contribution in [3.8, 4) is 11.1 Å². The van der Waals surface area contributed by atoms with Gasteiger partial charge in [0.2, 0.25) is 21.8 Å². The van der Waals surface area contributed by atoms with Crippen molar-refractivity contribution in [3.63, 3.8) is 0 Å². The van der Waals surface area contributed by atoms with Crippen LogP contribution in [0.3, 0.4) is 0 Å². The van der Waals surface area contributed by atoms with Crippen LogP contribution in [0.4, 0.5) is 17.1 Å². The lowest BCUT2D eigenvalue weighted by Crippen LogP contribution is -2.52. The highest BCUT2D eigenvalue weighted by atomic mass is 32.2. The van der Waals surface area contributed by atoms with Gasteiger partial charge in [-0.05, 0) is 99.5 Å². The number of para-hydroxylation sites is 1. The summed E-state index contributed by atoms with van der Waals surface area (Å²) in [5.41, 5.74) is 1.35. The second kappa shape index (κ2) is 13.8. The Bertz CT molecular complexity index is 2020. The smallest absolute Gasteiger partial charge is 0.338 e. The highest BCUT2D eigenvalue weighted by Crippen LogP contribution is 2.42. The van der Waals surface area contributed by atoms with E-state index in [2.05, 4.69) is 14.9 Å². The molecule has 268 valence electrons. The average Bonchev–Trinajstić information content (AvgIpc) is 3.39. The predicted molar refractivity (Wildman–Crippen MR) is 189 cm³/mol. The first-order valence-electron chi connectivity index (χ1n) is 16.7. The van der Waals surface area contributed by atoms with Crippen molar-refractivity contribution >= 4 is 50.8 Å². The normalized spacial score (nSPS) is 18.3. The van der Waals surface area contributed by atoms with Crippen molar-refractivity contribution < 1.29 is 37.3 Å². The summed E-state index contributed by atoms with van der Waals surface area (Å²) in [5.74, 6) is -2.24. The molecule has 0 aromatic heterocycles. The van der Waals surface area contributed by atoms with Gasteiger partial charge in [0.25, 0.3) is 5.91 Å². The largest absolute Gasteiger partial charge is 0.456 e. The second-order valence-corrected chi connectivity index (χ2v) is 15.8. The average molecular weight is 718 g/mol. The van der Waals surface area contributed by atoms with Gasteiger partial charge in [0.1, 0.15) is 17.3 Å². The quantitative estimate of drug-likeness (QED) is 0.137. The van der Waals surface area contributed by atoms with Crippen LogP contribution in [0.2, 0.25) is 0 Å². The maximum absolute atomic E-state index is 13.4. The standard InChI is InChI=1S/C36H39N5O9S/c1-36(2,3)50-35(45)23-10-12-24(13-11-23)39-18-16-22(17-19-39)21-51(48,49)38-29-9-5-7-26(32(29)41(46)47)25-6-4-8-27-28(25)20-40(34(27)44)30-14-15-31(42)37-33(30)43/h4-13,22,30,38H,14-21H2,1-3H3,(H,37,42,43). The summed E-state index contributed by atoms with van der Waals surface area (Å²) in [7, 11) is -4.01. The number of benzene rings is 3. The van der Waals surface area contributed by atoms with Gasteiger partial charge < -0.3 is 14.5 Å². The summed E-state index contributed by atoms with van der Waals surface area (Å²) in [4.78, 5) is 65.3. The van der Waals surface area contributed by atoms with Crippen LogP contribution < -0.4 is 14.9 Å². The number of nitrogens with zero attached hydrogens (tertiary/aromatic N) is 3. The maximum Gasteiger partial charge on any atom is 0.338 e. The third kappa shape index (κ3) is 7.72. The molecule has 0 aliphatic carbocycles. The van der Waals surface area contributed by atoms with Gasteiger partial charge in [0.15, 0.2) is 0 Å². The van der Waals surface area contributed by atoms with Crippen LogP contribution in [-0.4, -0.2) is 72.4 Å². The molecular formula is C36H39N5O9S. The molecule has 3 heterocycles. The van der Waals surface area contributed by atoms with E-state index in [9.17, 15) is 37.7 Å². The number of fused-ring (bicyclic) bond motifs is 1. The number of hydrogen-bond acceptors (Lipinski definition) is 10. The Morgan fingerprint density at radius 2 is 1.61 bits per heavy atom. The van der Waals surface area contributed by atoms with Crippen molar-refractivity contribution in [3.05, 3.63) is 87.5 Å². The molecule has 6 rings (SSSR count). The zero-order chi connectivity index (χ0) is 36.7. The fraction of sp³-hybridized carbons (Fsp3) is 0.389. The van der Waals surface area contributed by atoms with Crippen LogP contribution in [0.25, 0.3) is 11.1 Å². The molecule has 3 amide bonds. The molecular weight excluding hydrogens is 678 g/mol. The molecule has 3 aliphatic heterocycles. The third-order valence-electron chi connectivity index (χ3n) is 9.29. The van der Waals surface area contributed by atoms with Gasteiger partial charge in [-0.1, -0.05) is 18.2 Å². The Balaban J connectivity index is 1.14. The van der Waals surface area contributed by atoms with E-state index in [4.69, 9.17) is 4.74 Å². The Kier molecular flexibility index (Phi) is 9.59. The van der Waals surface area contributed by atoms with Crippen LogP contribution in [0, 0.1) is 16.0 Å². The molecule has 14 nitrogen and oxygen atoms in total. The number of imide groups is 1. The van der Waals surface area contributed by atoms with E-state index in [1.165, 1.54) is 23.1 Å². The first-order valence-corrected chi connectivity index (χ1v) is 18.4. The summed E-state index contributed by atoms with van der Waals surface area (Å²) < 4.78 is 34.8. The number of carbonyl (C=O) groups excluding carboxylic acids is 4. The lowest BCUT2D eigenvalue weighted by Gasteiger charge is -2.33. The summed E-state index contributed by atoms with van der Waals surface area (Å²) >= 11 is 0. The third-order valence-corrected chi connectivity index (χ3v) is 10.7. The molecule has 1 atom stereocenters. The van der Waals surface area contributed by atoms with E-state index in [0.717, 1.165) is 5.69 Å². The zero-order valence-corrected chi connectivity index (χ0v) is 29.3. The first kappa shape index (κ1) is 35.5. The monoisotopic (exact) mass is 717 g/mol. The highest BCUT2D eigenvalue weighted by Gasteiger charge is 2.40. The Morgan fingerprint density at radius 3 is 2.25 bits per heavy atom. The van der Waals surface area contributed by atoms with E-state index < -0.39 is 56.0 Å². The molecule has 0 saturated carbocycles. The summed E-state index contributed by atoms with van der Waals surface area (Å²) in [6.07, 6.45) is 1.40. The van der Waals surface area contributed by atoms with E-state index in [-0.39, 0.29) is 47.9 Å². The molecule has 2 saturated heterocycles. The van der Waals surface area contributed by atoms with Gasteiger partial charge in [0.05, 0.1) is 21.8 Å². The molecule has 15 heteroatoms. The van der Waals surface area contributed by atoms with Crippen molar-refractivity contribution in [2.45, 2.75) is 64.6 Å². The topological polar surface area (TPSA) is 185 Å². The molecule has 3 aliphatic rings. The van der Waals surface area contributed by atoms with Gasteiger partial charge in [-0.25, -0.2) is 13.2 Å². The Hall–Kier alpha value is -5.31. The minimum absolute atomic E-state index is 0.00366. The van der Waals surface area contributed by atoms with E-state index in [0.29, 0.717) is 42.6 Å². The van der Waals surface area contributed by atoms with Crippen LogP contribution in [0.1, 0.15) is 72.7 Å². The minimum atomic E-state index is -4.01. The maximum atomic E-state index is 13.4. The number of anilines is 2. The van der Waals surface area contributed by atoms with E-state index in [1.807, 2.05) is 12.1 Å². The molecule has 0 bridgehead atoms. The van der Waals surface area contributed by atoms with Crippen molar-refractivity contribution in [2.24, 2.45) is 5.92 Å². The van der Waals surface area contributed by atoms with Gasteiger partial charge >= 0.3 is 11.7 Å². The van der Waals surface area contributed by atoms with Crippen molar-refractivity contribution in [1.29, 1.82) is 0 Å². The molecule has 0 spiro atoms. The summed E-state index contributed by atoms with van der Waals surface area (Å²) in [6, 6.07) is 15.4. The molecule has 51 heavy (non-hydrogen) atoms. The van der Waals surface area contributed by atoms with Crippen LogP contribution in [0.5, 0.6) is 0 Å². The van der Waals surface area contributed by atoms with Gasteiger partial charge in [-0.2, -0.15) is 0 Å². The number of nitro benzene ring substituents is 1. The number of hydrogen-bond donors (Lipinski definition) is 2. The lowest BCUT2D eigenvalue weighted by molar-refractivity contribution is -0.383. The SMILES string of the molecule is CC(C)(C)OC(=O)c1ccc(N2CCC(CS(=O)(=O)Nc3cccc(-c4cccc5c4CN(C4CCC(=O)NC4=O)C5=O)c3[N+](=O)[O-])CC2)cc1. The fourth-order valence-corrected chi connectivity index (χ4v) is 8.44. The number of sulfonamides is 1. The predicted octanol–water partition coefficient (Wildman–Crippen LogP) is 4.64. The summed E-state index contributed by atoms with van der Waals surface area (Å²) in [5, 5.41) is 14.8. The van der Waals surface area contributed by atoms with E-state index >= 15 is 0 Å². The van der Waals surface area contributed by atoms with Crippen molar-refractivity contribution in [1.82, 2.24) is 10.2 Å². The number of esters is 1. The first-order chi connectivity index (χ1) is 24.1. The number of nitro groups is 1. The lowest BCUT2D eigenvalue weighted by atomic mass is 9.95. The number of nitrogens with one attached hydrogen (secondary N) is 2. The molecule has 1 unspecified atom stereocenters. The van der Waals surface area contributed by atoms with Gasteiger partial charge in [0, 0.05) is 37.3 Å². The van der Waals surface area contributed by atoms with Crippen LogP contribution >= 0.6 is 0 Å².